The maximum atomic E-state index is 12.0. The van der Waals surface area contributed by atoms with Crippen LogP contribution in [0.2, 0.25) is 5.02 Å². The van der Waals surface area contributed by atoms with Gasteiger partial charge in [0.1, 0.15) is 6.04 Å². The second-order valence-electron chi connectivity index (χ2n) is 4.49. The van der Waals surface area contributed by atoms with Crippen molar-refractivity contribution in [3.8, 4) is 6.07 Å². The lowest BCUT2D eigenvalue weighted by atomic mass is 10.2. The molecule has 1 fully saturated rings. The van der Waals surface area contributed by atoms with Gasteiger partial charge in [0.15, 0.2) is 0 Å². The zero-order chi connectivity index (χ0) is 14.5. The van der Waals surface area contributed by atoms with Gasteiger partial charge in [-0.05, 0) is 18.2 Å². The molecule has 1 heterocycles. The molecule has 1 saturated heterocycles. The number of piperazine rings is 1. The number of hydrogen-bond acceptors (Lipinski definition) is 4. The Morgan fingerprint density at radius 3 is 3.15 bits per heavy atom. The Kier molecular flexibility index (Phi) is 5.38. The number of carbonyl (C=O) groups is 1. The fourth-order valence-electron chi connectivity index (χ4n) is 2.03. The van der Waals surface area contributed by atoms with E-state index in [9.17, 15) is 4.79 Å². The lowest BCUT2D eigenvalue weighted by molar-refractivity contribution is -0.117. The Bertz CT molecular complexity index is 546. The molecule has 0 aromatic heterocycles. The van der Waals surface area contributed by atoms with E-state index in [2.05, 4.69) is 32.6 Å². The Labute approximate surface area is 131 Å². The maximum Gasteiger partial charge on any atom is 0.238 e. The average Bonchev–Trinajstić information content (AvgIpc) is 2.42. The van der Waals surface area contributed by atoms with E-state index < -0.39 is 0 Å². The standard InChI is InChI=1S/C13H14BrClN4O/c14-9-1-2-12(11(15)5-9)18-13(20)8-19-4-3-17-7-10(19)6-16/h1-2,5,10,17H,3-4,7-8H2,(H,18,20). The van der Waals surface area contributed by atoms with Crippen LogP contribution in [0.4, 0.5) is 5.69 Å². The van der Waals surface area contributed by atoms with E-state index in [1.54, 1.807) is 12.1 Å². The molecule has 20 heavy (non-hydrogen) atoms. The number of amides is 1. The zero-order valence-electron chi connectivity index (χ0n) is 10.7. The number of nitrogens with zero attached hydrogens (tertiary/aromatic N) is 2. The number of hydrogen-bond donors (Lipinski definition) is 2. The molecular weight excluding hydrogens is 344 g/mol. The molecule has 0 saturated carbocycles. The Balaban J connectivity index is 1.96. The molecule has 1 amide bonds. The second-order valence-corrected chi connectivity index (χ2v) is 5.81. The van der Waals surface area contributed by atoms with Crippen molar-refractivity contribution in [2.75, 3.05) is 31.5 Å². The summed E-state index contributed by atoms with van der Waals surface area (Å²) in [5.74, 6) is -0.170. The van der Waals surface area contributed by atoms with Gasteiger partial charge in [0.05, 0.1) is 23.3 Å². The summed E-state index contributed by atoms with van der Waals surface area (Å²) in [6, 6.07) is 7.20. The van der Waals surface area contributed by atoms with Gasteiger partial charge < -0.3 is 10.6 Å². The molecule has 1 atom stereocenters. The predicted octanol–water partition coefficient (Wildman–Crippen LogP) is 1.84. The molecule has 1 aromatic carbocycles. The highest BCUT2D eigenvalue weighted by atomic mass is 79.9. The molecule has 5 nitrogen and oxygen atoms in total. The third-order valence-electron chi connectivity index (χ3n) is 3.06. The fraction of sp³-hybridized carbons (Fsp3) is 0.385. The van der Waals surface area contributed by atoms with Crippen LogP contribution >= 0.6 is 27.5 Å². The van der Waals surface area contributed by atoms with Gasteiger partial charge in [0, 0.05) is 24.1 Å². The average molecular weight is 358 g/mol. The highest BCUT2D eigenvalue weighted by molar-refractivity contribution is 9.10. The van der Waals surface area contributed by atoms with Crippen LogP contribution in [0, 0.1) is 11.3 Å². The molecule has 106 valence electrons. The van der Waals surface area contributed by atoms with Gasteiger partial charge in [-0.3, -0.25) is 9.69 Å². The summed E-state index contributed by atoms with van der Waals surface area (Å²) in [6.07, 6.45) is 0. The number of benzene rings is 1. The molecule has 0 radical (unpaired) electrons. The maximum absolute atomic E-state index is 12.0. The van der Waals surface area contributed by atoms with E-state index in [0.29, 0.717) is 23.8 Å². The molecule has 1 aromatic rings. The zero-order valence-corrected chi connectivity index (χ0v) is 13.0. The first-order valence-electron chi connectivity index (χ1n) is 6.19. The van der Waals surface area contributed by atoms with Crippen LogP contribution < -0.4 is 10.6 Å². The Morgan fingerprint density at radius 1 is 1.65 bits per heavy atom. The fourth-order valence-corrected chi connectivity index (χ4v) is 2.75. The van der Waals surface area contributed by atoms with Crippen molar-refractivity contribution in [1.29, 1.82) is 5.26 Å². The van der Waals surface area contributed by atoms with E-state index >= 15 is 0 Å². The third-order valence-corrected chi connectivity index (χ3v) is 3.86. The number of carbonyl (C=O) groups excluding carboxylic acids is 1. The van der Waals surface area contributed by atoms with Crippen molar-refractivity contribution < 1.29 is 4.79 Å². The van der Waals surface area contributed by atoms with Gasteiger partial charge in [-0.25, -0.2) is 0 Å². The van der Waals surface area contributed by atoms with E-state index in [-0.39, 0.29) is 18.5 Å². The van der Waals surface area contributed by atoms with Crippen LogP contribution in [-0.2, 0) is 4.79 Å². The molecule has 1 aliphatic rings. The largest absolute Gasteiger partial charge is 0.324 e. The van der Waals surface area contributed by atoms with Crippen LogP contribution in [0.5, 0.6) is 0 Å². The second kappa shape index (κ2) is 7.04. The molecule has 0 spiro atoms. The minimum Gasteiger partial charge on any atom is -0.324 e. The number of nitriles is 1. The number of nitrogens with one attached hydrogen (secondary N) is 2. The summed E-state index contributed by atoms with van der Waals surface area (Å²) in [4.78, 5) is 13.9. The summed E-state index contributed by atoms with van der Waals surface area (Å²) in [6.45, 7) is 2.24. The smallest absolute Gasteiger partial charge is 0.238 e. The summed E-state index contributed by atoms with van der Waals surface area (Å²) in [7, 11) is 0. The van der Waals surface area contributed by atoms with Gasteiger partial charge in [-0.1, -0.05) is 27.5 Å². The summed E-state index contributed by atoms with van der Waals surface area (Å²) in [5, 5.41) is 15.4. The van der Waals surface area contributed by atoms with Crippen molar-refractivity contribution in [1.82, 2.24) is 10.2 Å². The quantitative estimate of drug-likeness (QED) is 0.866. The van der Waals surface area contributed by atoms with Crippen LogP contribution in [-0.4, -0.2) is 43.0 Å². The van der Waals surface area contributed by atoms with Crippen LogP contribution in [0.1, 0.15) is 0 Å². The molecule has 0 aliphatic carbocycles. The minimum absolute atomic E-state index is 0.170. The highest BCUT2D eigenvalue weighted by Gasteiger charge is 2.23. The van der Waals surface area contributed by atoms with Gasteiger partial charge >= 0.3 is 0 Å². The molecular formula is C13H14BrClN4O. The monoisotopic (exact) mass is 356 g/mol. The molecule has 2 rings (SSSR count). The number of anilines is 1. The van der Waals surface area contributed by atoms with Crippen molar-refractivity contribution in [3.05, 3.63) is 27.7 Å². The van der Waals surface area contributed by atoms with Gasteiger partial charge in [-0.2, -0.15) is 5.26 Å². The van der Waals surface area contributed by atoms with Crippen molar-refractivity contribution in [2.24, 2.45) is 0 Å². The van der Waals surface area contributed by atoms with Gasteiger partial charge in [0.25, 0.3) is 0 Å². The van der Waals surface area contributed by atoms with Crippen LogP contribution in [0.25, 0.3) is 0 Å². The van der Waals surface area contributed by atoms with Crippen molar-refractivity contribution in [3.63, 3.8) is 0 Å². The van der Waals surface area contributed by atoms with Gasteiger partial charge in [-0.15, -0.1) is 0 Å². The lowest BCUT2D eigenvalue weighted by Crippen LogP contribution is -2.52. The third kappa shape index (κ3) is 3.93. The SMILES string of the molecule is N#CC1CNCCN1CC(=O)Nc1ccc(Br)cc1Cl. The van der Waals surface area contributed by atoms with E-state index in [1.807, 2.05) is 11.0 Å². The first-order chi connectivity index (χ1) is 9.60. The number of rotatable bonds is 3. The first kappa shape index (κ1) is 15.3. The molecule has 1 unspecified atom stereocenters. The normalized spacial score (nSPS) is 19.4. The minimum atomic E-state index is -0.269. The van der Waals surface area contributed by atoms with E-state index in [4.69, 9.17) is 16.9 Å². The molecule has 2 N–H and O–H groups in total. The van der Waals surface area contributed by atoms with Crippen LogP contribution in [0.3, 0.4) is 0 Å². The predicted molar refractivity (Wildman–Crippen MR) is 81.6 cm³/mol. The number of halogens is 2. The van der Waals surface area contributed by atoms with E-state index in [0.717, 1.165) is 11.0 Å². The van der Waals surface area contributed by atoms with Crippen molar-refractivity contribution >= 4 is 39.1 Å². The Hall–Kier alpha value is -1.13. The van der Waals surface area contributed by atoms with Crippen molar-refractivity contribution in [2.45, 2.75) is 6.04 Å². The summed E-state index contributed by atoms with van der Waals surface area (Å²) in [5.41, 5.74) is 0.573. The topological polar surface area (TPSA) is 68.2 Å². The molecule has 0 bridgehead atoms. The Morgan fingerprint density at radius 2 is 2.45 bits per heavy atom. The van der Waals surface area contributed by atoms with Gasteiger partial charge in [0.2, 0.25) is 5.91 Å². The lowest BCUT2D eigenvalue weighted by Gasteiger charge is -2.31. The highest BCUT2D eigenvalue weighted by Crippen LogP contribution is 2.25. The van der Waals surface area contributed by atoms with Crippen LogP contribution in [0.15, 0.2) is 22.7 Å². The van der Waals surface area contributed by atoms with E-state index in [1.165, 1.54) is 0 Å². The summed E-state index contributed by atoms with van der Waals surface area (Å²) < 4.78 is 0.854. The summed E-state index contributed by atoms with van der Waals surface area (Å²) >= 11 is 9.36. The molecule has 1 aliphatic heterocycles. The first-order valence-corrected chi connectivity index (χ1v) is 7.36. The molecule has 7 heteroatoms.